The highest BCUT2D eigenvalue weighted by Gasteiger charge is 2.26. The molecule has 0 bridgehead atoms. The lowest BCUT2D eigenvalue weighted by molar-refractivity contribution is -0.148. The van der Waals surface area contributed by atoms with Gasteiger partial charge >= 0.3 is 5.97 Å². The van der Waals surface area contributed by atoms with E-state index in [-0.39, 0.29) is 18.8 Å². The maximum absolute atomic E-state index is 12.3. The normalized spacial score (nSPS) is 13.1. The second-order valence-corrected chi connectivity index (χ2v) is 5.25. The number of Topliss-reactive ketones (excluding diaryl/α,β-unsaturated/α-hetero) is 1. The molecule has 0 amide bonds. The third-order valence-corrected chi connectivity index (χ3v) is 3.39. The van der Waals surface area contributed by atoms with Gasteiger partial charge in [0, 0.05) is 6.42 Å². The van der Waals surface area contributed by atoms with Crippen LogP contribution in [0.3, 0.4) is 0 Å². The van der Waals surface area contributed by atoms with Gasteiger partial charge < -0.3 is 4.74 Å². The molecule has 4 heteroatoms. The van der Waals surface area contributed by atoms with Crippen molar-refractivity contribution < 1.29 is 14.3 Å². The highest BCUT2D eigenvalue weighted by atomic mass is 16.5. The Hall–Kier alpha value is -2.15. The largest absolute Gasteiger partial charge is 0.466 e. The molecule has 0 saturated heterocycles. The fourth-order valence-corrected chi connectivity index (χ4v) is 2.17. The van der Waals surface area contributed by atoms with Gasteiger partial charge in [0.15, 0.2) is 5.78 Å². The molecule has 0 aliphatic heterocycles. The van der Waals surface area contributed by atoms with Crippen LogP contribution in [0.25, 0.3) is 0 Å². The van der Waals surface area contributed by atoms with Crippen LogP contribution in [0.4, 0.5) is 0 Å². The number of hydrogen-bond acceptors (Lipinski definition) is 4. The van der Waals surface area contributed by atoms with Gasteiger partial charge in [-0.1, -0.05) is 30.7 Å². The molecule has 0 spiro atoms. The summed E-state index contributed by atoms with van der Waals surface area (Å²) >= 11 is 0. The van der Waals surface area contributed by atoms with Gasteiger partial charge in [-0.05, 0) is 31.9 Å². The number of carbonyl (C=O) groups is 2. The van der Waals surface area contributed by atoms with Crippen LogP contribution in [-0.4, -0.2) is 18.4 Å². The molecule has 21 heavy (non-hydrogen) atoms. The summed E-state index contributed by atoms with van der Waals surface area (Å²) in [5.41, 5.74) is 2.63. The van der Waals surface area contributed by atoms with Crippen LogP contribution >= 0.6 is 0 Å². The topological polar surface area (TPSA) is 67.2 Å². The first-order chi connectivity index (χ1) is 9.90. The molecule has 0 saturated carbocycles. The van der Waals surface area contributed by atoms with Crippen LogP contribution in [0.2, 0.25) is 0 Å². The molecule has 1 aromatic rings. The Labute approximate surface area is 125 Å². The Kier molecular flexibility index (Phi) is 6.10. The monoisotopic (exact) mass is 287 g/mol. The number of hydrogen-bond donors (Lipinski definition) is 0. The third-order valence-electron chi connectivity index (χ3n) is 3.39. The van der Waals surface area contributed by atoms with E-state index in [1.54, 1.807) is 13.8 Å². The van der Waals surface area contributed by atoms with Crippen molar-refractivity contribution in [3.63, 3.8) is 0 Å². The standard InChI is InChI=1S/C17H21NO3/c1-5-21-17(20)13(4)9-16(19)15(10-18)14-8-11(2)6-7-12(14)3/h6-8,13,15H,5,9H2,1-4H3. The summed E-state index contributed by atoms with van der Waals surface area (Å²) in [6, 6.07) is 7.76. The molecule has 112 valence electrons. The highest BCUT2D eigenvalue weighted by molar-refractivity contribution is 5.91. The summed E-state index contributed by atoms with van der Waals surface area (Å²) in [5, 5.41) is 9.33. The summed E-state index contributed by atoms with van der Waals surface area (Å²) in [6.45, 7) is 7.45. The summed E-state index contributed by atoms with van der Waals surface area (Å²) in [6.07, 6.45) is 0.0183. The smallest absolute Gasteiger partial charge is 0.309 e. The fraction of sp³-hybridized carbons (Fsp3) is 0.471. The summed E-state index contributed by atoms with van der Waals surface area (Å²) in [5.74, 6) is -2.00. The van der Waals surface area contributed by atoms with Crippen LogP contribution in [0.5, 0.6) is 0 Å². The average Bonchev–Trinajstić information content (AvgIpc) is 2.43. The van der Waals surface area contributed by atoms with E-state index in [1.807, 2.05) is 32.0 Å². The Morgan fingerprint density at radius 3 is 2.57 bits per heavy atom. The van der Waals surface area contributed by atoms with Gasteiger partial charge in [0.2, 0.25) is 0 Å². The van der Waals surface area contributed by atoms with E-state index < -0.39 is 17.8 Å². The van der Waals surface area contributed by atoms with E-state index in [0.717, 1.165) is 16.7 Å². The average molecular weight is 287 g/mol. The molecule has 1 aromatic carbocycles. The summed E-state index contributed by atoms with van der Waals surface area (Å²) in [7, 11) is 0. The van der Waals surface area contributed by atoms with E-state index in [2.05, 4.69) is 6.07 Å². The van der Waals surface area contributed by atoms with Crippen molar-refractivity contribution in [2.24, 2.45) is 5.92 Å². The predicted octanol–water partition coefficient (Wildman–Crippen LogP) is 3.07. The molecular weight excluding hydrogens is 266 g/mol. The molecule has 0 N–H and O–H groups in total. The second kappa shape index (κ2) is 7.58. The van der Waals surface area contributed by atoms with E-state index in [9.17, 15) is 14.9 Å². The Bertz CT molecular complexity index is 572. The Morgan fingerprint density at radius 2 is 2.00 bits per heavy atom. The summed E-state index contributed by atoms with van der Waals surface area (Å²) in [4.78, 5) is 23.9. The first kappa shape index (κ1) is 16.9. The Morgan fingerprint density at radius 1 is 1.33 bits per heavy atom. The first-order valence-electron chi connectivity index (χ1n) is 7.06. The van der Waals surface area contributed by atoms with E-state index in [0.29, 0.717) is 0 Å². The zero-order valence-electron chi connectivity index (χ0n) is 13.0. The molecular formula is C17H21NO3. The SMILES string of the molecule is CCOC(=O)C(C)CC(=O)C(C#N)c1cc(C)ccc1C. The van der Waals surface area contributed by atoms with Crippen molar-refractivity contribution in [2.75, 3.05) is 6.61 Å². The summed E-state index contributed by atoms with van der Waals surface area (Å²) < 4.78 is 4.89. The van der Waals surface area contributed by atoms with E-state index in [1.165, 1.54) is 0 Å². The van der Waals surface area contributed by atoms with Gasteiger partial charge in [0.25, 0.3) is 0 Å². The predicted molar refractivity (Wildman–Crippen MR) is 79.7 cm³/mol. The maximum Gasteiger partial charge on any atom is 0.309 e. The molecule has 2 unspecified atom stereocenters. The molecule has 0 radical (unpaired) electrons. The number of esters is 1. The van der Waals surface area contributed by atoms with Crippen molar-refractivity contribution in [1.29, 1.82) is 5.26 Å². The lowest BCUT2D eigenvalue weighted by atomic mass is 9.87. The second-order valence-electron chi connectivity index (χ2n) is 5.25. The van der Waals surface area contributed by atoms with Crippen LogP contribution in [-0.2, 0) is 14.3 Å². The molecule has 4 nitrogen and oxygen atoms in total. The zero-order chi connectivity index (χ0) is 16.0. The van der Waals surface area contributed by atoms with Gasteiger partial charge in [0.05, 0.1) is 18.6 Å². The van der Waals surface area contributed by atoms with E-state index in [4.69, 9.17) is 4.74 Å². The van der Waals surface area contributed by atoms with Crippen molar-refractivity contribution in [2.45, 2.75) is 40.0 Å². The number of benzene rings is 1. The fourth-order valence-electron chi connectivity index (χ4n) is 2.17. The number of rotatable bonds is 6. The molecule has 1 rings (SSSR count). The maximum atomic E-state index is 12.3. The van der Waals surface area contributed by atoms with Crippen molar-refractivity contribution >= 4 is 11.8 Å². The quantitative estimate of drug-likeness (QED) is 0.754. The number of aryl methyl sites for hydroxylation is 2. The van der Waals surface area contributed by atoms with Crippen molar-refractivity contribution in [1.82, 2.24) is 0 Å². The number of ketones is 1. The van der Waals surface area contributed by atoms with Crippen LogP contribution < -0.4 is 0 Å². The molecule has 2 atom stereocenters. The lowest BCUT2D eigenvalue weighted by Crippen LogP contribution is -2.21. The van der Waals surface area contributed by atoms with Gasteiger partial charge in [-0.2, -0.15) is 5.26 Å². The van der Waals surface area contributed by atoms with Crippen LogP contribution in [0, 0.1) is 31.1 Å². The van der Waals surface area contributed by atoms with Gasteiger partial charge in [-0.25, -0.2) is 0 Å². The minimum absolute atomic E-state index is 0.0183. The number of nitrogens with zero attached hydrogens (tertiary/aromatic N) is 1. The molecule has 0 aliphatic carbocycles. The third kappa shape index (κ3) is 4.42. The van der Waals surface area contributed by atoms with Crippen LogP contribution in [0.1, 0.15) is 42.9 Å². The lowest BCUT2D eigenvalue weighted by Gasteiger charge is -2.15. The zero-order valence-corrected chi connectivity index (χ0v) is 13.0. The molecule has 0 aliphatic rings. The minimum Gasteiger partial charge on any atom is -0.466 e. The van der Waals surface area contributed by atoms with E-state index >= 15 is 0 Å². The van der Waals surface area contributed by atoms with Crippen LogP contribution in [0.15, 0.2) is 18.2 Å². The first-order valence-corrected chi connectivity index (χ1v) is 7.06. The molecule has 0 aromatic heterocycles. The van der Waals surface area contributed by atoms with Crippen molar-refractivity contribution in [3.05, 3.63) is 34.9 Å². The number of nitriles is 1. The van der Waals surface area contributed by atoms with Crippen molar-refractivity contribution in [3.8, 4) is 6.07 Å². The van der Waals surface area contributed by atoms with Gasteiger partial charge in [0.1, 0.15) is 5.92 Å². The number of ether oxygens (including phenoxy) is 1. The molecule has 0 heterocycles. The van der Waals surface area contributed by atoms with Gasteiger partial charge in [-0.15, -0.1) is 0 Å². The minimum atomic E-state index is -0.832. The van der Waals surface area contributed by atoms with Gasteiger partial charge in [-0.3, -0.25) is 9.59 Å². The Balaban J connectivity index is 2.90. The molecule has 0 fully saturated rings. The highest BCUT2D eigenvalue weighted by Crippen LogP contribution is 2.24. The number of carbonyl (C=O) groups excluding carboxylic acids is 2.